The second-order valence-corrected chi connectivity index (χ2v) is 6.15. The van der Waals surface area contributed by atoms with Gasteiger partial charge in [-0.25, -0.2) is 0 Å². The number of piperazine rings is 1. The Hall–Kier alpha value is -1.56. The molecule has 5 heteroatoms. The first-order valence-electron chi connectivity index (χ1n) is 8.51. The van der Waals surface area contributed by atoms with Crippen molar-refractivity contribution in [3.8, 4) is 5.75 Å². The van der Waals surface area contributed by atoms with Crippen molar-refractivity contribution >= 4 is 10.9 Å². The van der Waals surface area contributed by atoms with Gasteiger partial charge in [0.05, 0.1) is 12.6 Å². The lowest BCUT2D eigenvalue weighted by atomic mass is 10.1. The molecule has 1 aromatic heterocycles. The van der Waals surface area contributed by atoms with Crippen molar-refractivity contribution in [2.75, 3.05) is 46.4 Å². The van der Waals surface area contributed by atoms with E-state index in [0.29, 0.717) is 0 Å². The first-order valence-corrected chi connectivity index (χ1v) is 8.51. The lowest BCUT2D eigenvalue weighted by Gasteiger charge is -2.26. The number of aryl methyl sites for hydroxylation is 1. The Morgan fingerprint density at radius 2 is 2.04 bits per heavy atom. The number of ether oxygens (including phenoxy) is 1. The van der Waals surface area contributed by atoms with Gasteiger partial charge in [-0.3, -0.25) is 0 Å². The Labute approximate surface area is 137 Å². The van der Waals surface area contributed by atoms with E-state index in [1.807, 2.05) is 6.07 Å². The van der Waals surface area contributed by atoms with E-state index in [-0.39, 0.29) is 6.61 Å². The molecule has 3 rings (SSSR count). The number of hydrogen-bond donors (Lipinski definition) is 2. The highest BCUT2D eigenvalue weighted by atomic mass is 16.5. The largest absolute Gasteiger partial charge is 0.497 e. The van der Waals surface area contributed by atoms with Gasteiger partial charge in [0.2, 0.25) is 0 Å². The van der Waals surface area contributed by atoms with Crippen LogP contribution in [0.25, 0.3) is 10.9 Å². The number of aliphatic hydroxyl groups excluding tert-OH is 1. The van der Waals surface area contributed by atoms with Crippen molar-refractivity contribution in [1.82, 2.24) is 14.8 Å². The van der Waals surface area contributed by atoms with Crippen molar-refractivity contribution in [2.24, 2.45) is 0 Å². The number of fused-ring (bicyclic) bond motifs is 1. The predicted octanol–water partition coefficient (Wildman–Crippen LogP) is 1.48. The van der Waals surface area contributed by atoms with Crippen LogP contribution >= 0.6 is 0 Å². The molecule has 1 aliphatic rings. The second-order valence-electron chi connectivity index (χ2n) is 6.15. The molecule has 0 saturated carbocycles. The summed E-state index contributed by atoms with van der Waals surface area (Å²) in [5.74, 6) is 0.884. The maximum Gasteiger partial charge on any atom is 0.120 e. The fraction of sp³-hybridized carbons (Fsp3) is 0.556. The summed E-state index contributed by atoms with van der Waals surface area (Å²) in [6.45, 7) is 6.62. The van der Waals surface area contributed by atoms with Crippen LogP contribution in [0.2, 0.25) is 0 Å². The normalized spacial score (nSPS) is 16.1. The van der Waals surface area contributed by atoms with Gasteiger partial charge in [0, 0.05) is 63.5 Å². The first-order chi connectivity index (χ1) is 11.3. The fourth-order valence-corrected chi connectivity index (χ4v) is 3.31. The van der Waals surface area contributed by atoms with Crippen molar-refractivity contribution in [3.05, 3.63) is 30.0 Å². The third-order valence-electron chi connectivity index (χ3n) is 4.64. The Balaban J connectivity index is 1.80. The van der Waals surface area contributed by atoms with Crippen LogP contribution in [0.3, 0.4) is 0 Å². The van der Waals surface area contributed by atoms with E-state index in [1.165, 1.54) is 16.5 Å². The molecule has 1 aromatic carbocycles. The molecule has 126 valence electrons. The van der Waals surface area contributed by atoms with Crippen molar-refractivity contribution in [3.63, 3.8) is 0 Å². The molecule has 0 bridgehead atoms. The SMILES string of the molecule is COc1ccc2c(CCN3CCNCC3)cn(CCCO)c2c1. The number of methoxy groups -OCH3 is 1. The zero-order valence-corrected chi connectivity index (χ0v) is 13.9. The Kier molecular flexibility index (Phi) is 5.54. The highest BCUT2D eigenvalue weighted by Crippen LogP contribution is 2.26. The van der Waals surface area contributed by atoms with Crippen LogP contribution in [-0.2, 0) is 13.0 Å². The summed E-state index contributed by atoms with van der Waals surface area (Å²) in [5, 5.41) is 13.8. The van der Waals surface area contributed by atoms with E-state index in [9.17, 15) is 0 Å². The van der Waals surface area contributed by atoms with Crippen LogP contribution in [0.1, 0.15) is 12.0 Å². The molecular formula is C18H27N3O2. The molecule has 0 radical (unpaired) electrons. The number of hydrogen-bond acceptors (Lipinski definition) is 4. The molecule has 2 heterocycles. The maximum absolute atomic E-state index is 9.13. The monoisotopic (exact) mass is 317 g/mol. The number of aromatic nitrogens is 1. The van der Waals surface area contributed by atoms with Crippen LogP contribution in [-0.4, -0.2) is 61.0 Å². The highest BCUT2D eigenvalue weighted by Gasteiger charge is 2.13. The summed E-state index contributed by atoms with van der Waals surface area (Å²) < 4.78 is 7.62. The summed E-state index contributed by atoms with van der Waals surface area (Å²) >= 11 is 0. The quantitative estimate of drug-likeness (QED) is 0.812. The molecule has 0 atom stereocenters. The van der Waals surface area contributed by atoms with Crippen LogP contribution in [0, 0.1) is 0 Å². The van der Waals surface area contributed by atoms with Crippen LogP contribution in [0.15, 0.2) is 24.4 Å². The number of nitrogens with zero attached hydrogens (tertiary/aromatic N) is 2. The van der Waals surface area contributed by atoms with Gasteiger partial charge in [-0.05, 0) is 30.5 Å². The Morgan fingerprint density at radius 3 is 2.78 bits per heavy atom. The summed E-state index contributed by atoms with van der Waals surface area (Å²) in [7, 11) is 1.70. The number of aliphatic hydroxyl groups is 1. The lowest BCUT2D eigenvalue weighted by molar-refractivity contribution is 0.244. The molecule has 1 saturated heterocycles. The summed E-state index contributed by atoms with van der Waals surface area (Å²) in [6.07, 6.45) is 4.09. The predicted molar refractivity (Wildman–Crippen MR) is 93.2 cm³/mol. The van der Waals surface area contributed by atoms with E-state index in [4.69, 9.17) is 9.84 Å². The maximum atomic E-state index is 9.13. The van der Waals surface area contributed by atoms with E-state index in [1.54, 1.807) is 7.11 Å². The average Bonchev–Trinajstić information content (AvgIpc) is 2.96. The van der Waals surface area contributed by atoms with Gasteiger partial charge < -0.3 is 24.6 Å². The van der Waals surface area contributed by atoms with Gasteiger partial charge in [0.1, 0.15) is 5.75 Å². The zero-order valence-electron chi connectivity index (χ0n) is 13.9. The first kappa shape index (κ1) is 16.3. The fourth-order valence-electron chi connectivity index (χ4n) is 3.31. The molecule has 0 unspecified atom stereocenters. The Bertz CT molecular complexity index is 632. The number of benzene rings is 1. The standard InChI is InChI=1S/C18H27N3O2/c1-23-16-3-4-17-15(5-9-20-10-6-19-7-11-20)14-21(8-2-12-22)18(17)13-16/h3-4,13-14,19,22H,2,5-12H2,1H3. The minimum absolute atomic E-state index is 0.222. The average molecular weight is 317 g/mol. The van der Waals surface area contributed by atoms with E-state index in [0.717, 1.165) is 57.9 Å². The zero-order chi connectivity index (χ0) is 16.1. The minimum Gasteiger partial charge on any atom is -0.497 e. The van der Waals surface area contributed by atoms with Crippen LogP contribution in [0.5, 0.6) is 5.75 Å². The van der Waals surface area contributed by atoms with Gasteiger partial charge in [0.25, 0.3) is 0 Å². The smallest absolute Gasteiger partial charge is 0.120 e. The molecule has 2 aromatic rings. The second kappa shape index (κ2) is 7.81. The molecule has 2 N–H and O–H groups in total. The van der Waals surface area contributed by atoms with Gasteiger partial charge in [0.15, 0.2) is 0 Å². The van der Waals surface area contributed by atoms with E-state index < -0.39 is 0 Å². The molecule has 23 heavy (non-hydrogen) atoms. The highest BCUT2D eigenvalue weighted by molar-refractivity contribution is 5.85. The van der Waals surface area contributed by atoms with E-state index in [2.05, 4.69) is 33.1 Å². The lowest BCUT2D eigenvalue weighted by Crippen LogP contribution is -2.44. The number of nitrogens with one attached hydrogen (secondary N) is 1. The topological polar surface area (TPSA) is 49.7 Å². The van der Waals surface area contributed by atoms with Gasteiger partial charge in [-0.1, -0.05) is 0 Å². The van der Waals surface area contributed by atoms with Crippen molar-refractivity contribution in [2.45, 2.75) is 19.4 Å². The summed E-state index contributed by atoms with van der Waals surface area (Å²) in [5.41, 5.74) is 2.59. The van der Waals surface area contributed by atoms with E-state index >= 15 is 0 Å². The molecule has 0 spiro atoms. The van der Waals surface area contributed by atoms with Crippen molar-refractivity contribution in [1.29, 1.82) is 0 Å². The van der Waals surface area contributed by atoms with Crippen LogP contribution < -0.4 is 10.1 Å². The van der Waals surface area contributed by atoms with Crippen LogP contribution in [0.4, 0.5) is 0 Å². The minimum atomic E-state index is 0.222. The number of rotatable bonds is 7. The molecule has 0 amide bonds. The molecular weight excluding hydrogens is 290 g/mol. The molecule has 0 aliphatic carbocycles. The Morgan fingerprint density at radius 1 is 1.22 bits per heavy atom. The molecule has 1 fully saturated rings. The van der Waals surface area contributed by atoms with Crippen molar-refractivity contribution < 1.29 is 9.84 Å². The molecule has 5 nitrogen and oxygen atoms in total. The summed E-state index contributed by atoms with van der Waals surface area (Å²) in [4.78, 5) is 2.52. The molecule has 1 aliphatic heterocycles. The summed E-state index contributed by atoms with van der Waals surface area (Å²) in [6, 6.07) is 6.30. The van der Waals surface area contributed by atoms with Gasteiger partial charge in [-0.2, -0.15) is 0 Å². The third-order valence-corrected chi connectivity index (χ3v) is 4.64. The van der Waals surface area contributed by atoms with Gasteiger partial charge >= 0.3 is 0 Å². The van der Waals surface area contributed by atoms with Gasteiger partial charge in [-0.15, -0.1) is 0 Å². The third kappa shape index (κ3) is 3.86.